The number of rotatable bonds is 4. The van der Waals surface area contributed by atoms with Gasteiger partial charge in [-0.2, -0.15) is 5.10 Å². The first-order valence-electron chi connectivity index (χ1n) is 6.26. The normalized spacial score (nSPS) is 19.7. The number of carbonyl (C=O) groups is 1. The second-order valence-corrected chi connectivity index (χ2v) is 4.80. The SMILES string of the molecule is CN(CC1CCCOC1)C(=O)Cn1ccc(N)n1. The molecule has 2 rings (SSSR count). The van der Waals surface area contributed by atoms with E-state index in [-0.39, 0.29) is 12.5 Å². The average molecular weight is 252 g/mol. The Morgan fingerprint density at radius 2 is 2.56 bits per heavy atom. The highest BCUT2D eigenvalue weighted by Gasteiger charge is 2.18. The van der Waals surface area contributed by atoms with E-state index in [1.165, 1.54) is 0 Å². The first-order chi connectivity index (χ1) is 8.65. The minimum Gasteiger partial charge on any atom is -0.382 e. The number of amides is 1. The Morgan fingerprint density at radius 1 is 1.72 bits per heavy atom. The van der Waals surface area contributed by atoms with Crippen molar-refractivity contribution in [1.29, 1.82) is 0 Å². The molecule has 1 saturated heterocycles. The number of aromatic nitrogens is 2. The van der Waals surface area contributed by atoms with Crippen molar-refractivity contribution in [1.82, 2.24) is 14.7 Å². The largest absolute Gasteiger partial charge is 0.382 e. The molecule has 1 aliphatic rings. The number of hydrogen-bond acceptors (Lipinski definition) is 4. The fourth-order valence-electron chi connectivity index (χ4n) is 2.17. The first kappa shape index (κ1) is 12.9. The number of hydrogen-bond donors (Lipinski definition) is 1. The molecule has 6 nitrogen and oxygen atoms in total. The van der Waals surface area contributed by atoms with Gasteiger partial charge in [-0.1, -0.05) is 0 Å². The van der Waals surface area contributed by atoms with Gasteiger partial charge in [0.1, 0.15) is 12.4 Å². The highest BCUT2D eigenvalue weighted by atomic mass is 16.5. The topological polar surface area (TPSA) is 73.4 Å². The van der Waals surface area contributed by atoms with Crippen LogP contribution >= 0.6 is 0 Å². The lowest BCUT2D eigenvalue weighted by molar-refractivity contribution is -0.131. The summed E-state index contributed by atoms with van der Waals surface area (Å²) in [7, 11) is 1.82. The summed E-state index contributed by atoms with van der Waals surface area (Å²) in [5.74, 6) is 0.935. The van der Waals surface area contributed by atoms with Crippen LogP contribution in [0.1, 0.15) is 12.8 Å². The molecule has 2 N–H and O–H groups in total. The summed E-state index contributed by atoms with van der Waals surface area (Å²) in [5.41, 5.74) is 5.51. The third-order valence-electron chi connectivity index (χ3n) is 3.17. The molecule has 0 aliphatic carbocycles. The minimum atomic E-state index is 0.0451. The van der Waals surface area contributed by atoms with E-state index >= 15 is 0 Å². The lowest BCUT2D eigenvalue weighted by Crippen LogP contribution is -2.37. The molecule has 1 aromatic heterocycles. The Morgan fingerprint density at radius 3 is 3.17 bits per heavy atom. The van der Waals surface area contributed by atoms with Gasteiger partial charge in [0, 0.05) is 26.4 Å². The van der Waals surface area contributed by atoms with Crippen LogP contribution in [0.3, 0.4) is 0 Å². The van der Waals surface area contributed by atoms with E-state index in [2.05, 4.69) is 5.10 Å². The maximum Gasteiger partial charge on any atom is 0.244 e. The number of likely N-dealkylation sites (N-methyl/N-ethyl adjacent to an activating group) is 1. The average Bonchev–Trinajstić information content (AvgIpc) is 2.76. The van der Waals surface area contributed by atoms with Crippen molar-refractivity contribution in [3.8, 4) is 0 Å². The molecule has 2 heterocycles. The lowest BCUT2D eigenvalue weighted by atomic mass is 10.0. The molecule has 1 aliphatic heterocycles. The van der Waals surface area contributed by atoms with Crippen molar-refractivity contribution in [3.05, 3.63) is 12.3 Å². The van der Waals surface area contributed by atoms with E-state index in [1.807, 2.05) is 7.05 Å². The molecule has 0 saturated carbocycles. The number of anilines is 1. The molecule has 0 radical (unpaired) electrons. The summed E-state index contributed by atoms with van der Waals surface area (Å²) < 4.78 is 6.97. The summed E-state index contributed by atoms with van der Waals surface area (Å²) in [6.07, 6.45) is 3.93. The standard InChI is InChI=1S/C12H20N4O2/c1-15(7-10-3-2-6-18-9-10)12(17)8-16-5-4-11(13)14-16/h4-5,10H,2-3,6-9H2,1H3,(H2,13,14). The van der Waals surface area contributed by atoms with E-state index in [1.54, 1.807) is 21.8 Å². The van der Waals surface area contributed by atoms with Gasteiger partial charge in [0.25, 0.3) is 0 Å². The molecule has 6 heteroatoms. The van der Waals surface area contributed by atoms with Crippen LogP contribution in [0.25, 0.3) is 0 Å². The van der Waals surface area contributed by atoms with Gasteiger partial charge in [-0.25, -0.2) is 0 Å². The zero-order valence-corrected chi connectivity index (χ0v) is 10.7. The van der Waals surface area contributed by atoms with Crippen molar-refractivity contribution < 1.29 is 9.53 Å². The van der Waals surface area contributed by atoms with Crippen LogP contribution in [0, 0.1) is 5.92 Å². The number of carbonyl (C=O) groups excluding carboxylic acids is 1. The van der Waals surface area contributed by atoms with Crippen molar-refractivity contribution in [2.75, 3.05) is 32.5 Å². The van der Waals surface area contributed by atoms with E-state index in [0.717, 1.165) is 32.6 Å². The summed E-state index contributed by atoms with van der Waals surface area (Å²) in [5, 5.41) is 4.00. The molecule has 1 amide bonds. The predicted molar refractivity (Wildman–Crippen MR) is 67.8 cm³/mol. The van der Waals surface area contributed by atoms with E-state index < -0.39 is 0 Å². The quantitative estimate of drug-likeness (QED) is 0.839. The molecule has 18 heavy (non-hydrogen) atoms. The Bertz CT molecular complexity index is 399. The van der Waals surface area contributed by atoms with Gasteiger partial charge in [0.15, 0.2) is 0 Å². The summed E-state index contributed by atoms with van der Waals surface area (Å²) in [6.45, 7) is 2.59. The predicted octanol–water partition coefficient (Wildman–Crippen LogP) is 0.350. The monoisotopic (exact) mass is 252 g/mol. The van der Waals surface area contributed by atoms with Crippen LogP contribution in [0.15, 0.2) is 12.3 Å². The number of nitrogens with two attached hydrogens (primary N) is 1. The summed E-state index contributed by atoms with van der Waals surface area (Å²) in [6, 6.07) is 1.68. The lowest BCUT2D eigenvalue weighted by Gasteiger charge is -2.27. The zero-order valence-electron chi connectivity index (χ0n) is 10.7. The van der Waals surface area contributed by atoms with Gasteiger partial charge >= 0.3 is 0 Å². The van der Waals surface area contributed by atoms with Gasteiger partial charge < -0.3 is 15.4 Å². The molecule has 1 aromatic rings. The van der Waals surface area contributed by atoms with Crippen LogP contribution in [0.4, 0.5) is 5.82 Å². The van der Waals surface area contributed by atoms with E-state index in [0.29, 0.717) is 11.7 Å². The Labute approximate surface area is 107 Å². The van der Waals surface area contributed by atoms with Crippen molar-refractivity contribution in [3.63, 3.8) is 0 Å². The molecule has 1 unspecified atom stereocenters. The van der Waals surface area contributed by atoms with Gasteiger partial charge in [-0.15, -0.1) is 0 Å². The molecule has 100 valence electrons. The number of nitrogens with zero attached hydrogens (tertiary/aromatic N) is 3. The van der Waals surface area contributed by atoms with Gasteiger partial charge in [0.05, 0.1) is 6.61 Å². The van der Waals surface area contributed by atoms with Crippen molar-refractivity contribution >= 4 is 11.7 Å². The first-order valence-corrected chi connectivity index (χ1v) is 6.26. The Kier molecular flexibility index (Phi) is 4.19. The highest BCUT2D eigenvalue weighted by Crippen LogP contribution is 2.14. The third kappa shape index (κ3) is 3.46. The molecular weight excluding hydrogens is 232 g/mol. The van der Waals surface area contributed by atoms with E-state index in [9.17, 15) is 4.79 Å². The Balaban J connectivity index is 1.80. The van der Waals surface area contributed by atoms with Crippen LogP contribution in [0.5, 0.6) is 0 Å². The molecule has 1 fully saturated rings. The molecule has 0 spiro atoms. The number of ether oxygens (including phenoxy) is 1. The van der Waals surface area contributed by atoms with Crippen LogP contribution in [-0.2, 0) is 16.1 Å². The van der Waals surface area contributed by atoms with Crippen molar-refractivity contribution in [2.24, 2.45) is 5.92 Å². The summed E-state index contributed by atoms with van der Waals surface area (Å²) in [4.78, 5) is 13.7. The van der Waals surface area contributed by atoms with Crippen LogP contribution in [0.2, 0.25) is 0 Å². The molecule has 0 aromatic carbocycles. The second kappa shape index (κ2) is 5.86. The second-order valence-electron chi connectivity index (χ2n) is 4.80. The maximum atomic E-state index is 12.0. The molecule has 0 bridgehead atoms. The smallest absolute Gasteiger partial charge is 0.244 e. The van der Waals surface area contributed by atoms with E-state index in [4.69, 9.17) is 10.5 Å². The van der Waals surface area contributed by atoms with Crippen LogP contribution < -0.4 is 5.73 Å². The van der Waals surface area contributed by atoms with Crippen LogP contribution in [-0.4, -0.2) is 47.4 Å². The fourth-order valence-corrected chi connectivity index (χ4v) is 2.17. The van der Waals surface area contributed by atoms with Gasteiger partial charge in [-0.3, -0.25) is 9.48 Å². The van der Waals surface area contributed by atoms with Gasteiger partial charge in [-0.05, 0) is 24.8 Å². The minimum absolute atomic E-state index is 0.0451. The highest BCUT2D eigenvalue weighted by molar-refractivity contribution is 5.75. The maximum absolute atomic E-state index is 12.0. The fraction of sp³-hybridized carbons (Fsp3) is 0.667. The zero-order chi connectivity index (χ0) is 13.0. The summed E-state index contributed by atoms with van der Waals surface area (Å²) >= 11 is 0. The molecule has 1 atom stereocenters. The van der Waals surface area contributed by atoms with Gasteiger partial charge in [0.2, 0.25) is 5.91 Å². The Hall–Kier alpha value is -1.56. The molecular formula is C12H20N4O2. The third-order valence-corrected chi connectivity index (χ3v) is 3.17. The van der Waals surface area contributed by atoms with Crippen molar-refractivity contribution in [2.45, 2.75) is 19.4 Å². The number of nitrogen functional groups attached to an aromatic ring is 1.